The lowest BCUT2D eigenvalue weighted by Gasteiger charge is -2.30. The lowest BCUT2D eigenvalue weighted by molar-refractivity contribution is -0.148. The second-order valence-electron chi connectivity index (χ2n) is 10.2. The molecule has 0 radical (unpaired) electrons. The SMILES string of the molecule is C/C(=C/C=C/C(C)=C/C(=O)O)c1cc(C(C)(C)C)cc(C(C)(C)C)c1OCC(F)(F)C(F)F. The van der Waals surface area contributed by atoms with Gasteiger partial charge in [-0.1, -0.05) is 65.8 Å². The average molecular weight is 471 g/mol. The number of carboxylic acids is 1. The summed E-state index contributed by atoms with van der Waals surface area (Å²) in [4.78, 5) is 10.8. The van der Waals surface area contributed by atoms with Crippen molar-refractivity contribution < 1.29 is 32.2 Å². The molecule has 0 spiro atoms. The third kappa shape index (κ3) is 8.37. The zero-order valence-corrected chi connectivity index (χ0v) is 20.5. The Balaban J connectivity index is 3.70. The van der Waals surface area contributed by atoms with Gasteiger partial charge >= 0.3 is 18.3 Å². The Labute approximate surface area is 193 Å². The summed E-state index contributed by atoms with van der Waals surface area (Å²) in [6.07, 6.45) is 2.16. The number of rotatable bonds is 8. The quantitative estimate of drug-likeness (QED) is 0.242. The molecule has 0 atom stereocenters. The summed E-state index contributed by atoms with van der Waals surface area (Å²) in [5, 5.41) is 8.83. The van der Waals surface area contributed by atoms with Gasteiger partial charge in [0.05, 0.1) is 0 Å². The Kier molecular flexibility index (Phi) is 9.12. The Bertz CT molecular complexity index is 944. The highest BCUT2D eigenvalue weighted by Gasteiger charge is 2.42. The molecule has 0 aliphatic carbocycles. The highest BCUT2D eigenvalue weighted by Crippen LogP contribution is 2.41. The van der Waals surface area contributed by atoms with Gasteiger partial charge in [0.15, 0.2) is 6.61 Å². The van der Waals surface area contributed by atoms with Crippen molar-refractivity contribution >= 4 is 11.5 Å². The molecule has 0 aromatic heterocycles. The first kappa shape index (κ1) is 28.5. The Morgan fingerprint density at radius 2 is 1.64 bits per heavy atom. The number of carbonyl (C=O) groups is 1. The minimum atomic E-state index is -4.29. The summed E-state index contributed by atoms with van der Waals surface area (Å²) in [7, 11) is 0. The lowest BCUT2D eigenvalue weighted by Crippen LogP contribution is -2.34. The van der Waals surface area contributed by atoms with Crippen LogP contribution in [-0.4, -0.2) is 30.0 Å². The van der Waals surface area contributed by atoms with Crippen LogP contribution in [0.2, 0.25) is 0 Å². The van der Waals surface area contributed by atoms with Gasteiger partial charge in [0, 0.05) is 17.2 Å². The fourth-order valence-electron chi connectivity index (χ4n) is 2.98. The molecule has 0 aliphatic rings. The Morgan fingerprint density at radius 1 is 1.06 bits per heavy atom. The molecule has 0 saturated carbocycles. The van der Waals surface area contributed by atoms with E-state index in [9.17, 15) is 22.4 Å². The number of hydrogen-bond donors (Lipinski definition) is 1. The normalized spacial score (nSPS) is 14.3. The van der Waals surface area contributed by atoms with E-state index in [-0.39, 0.29) is 11.2 Å². The molecule has 0 unspecified atom stereocenters. The molecule has 7 heteroatoms. The van der Waals surface area contributed by atoms with Crippen LogP contribution >= 0.6 is 0 Å². The molecular weight excluding hydrogens is 436 g/mol. The van der Waals surface area contributed by atoms with Gasteiger partial charge in [-0.3, -0.25) is 0 Å². The zero-order chi connectivity index (χ0) is 25.8. The summed E-state index contributed by atoms with van der Waals surface area (Å²) in [5.41, 5.74) is 2.48. The predicted octanol–water partition coefficient (Wildman–Crippen LogP) is 7.55. The van der Waals surface area contributed by atoms with Gasteiger partial charge in [0.1, 0.15) is 5.75 Å². The minimum Gasteiger partial charge on any atom is -0.486 e. The fourth-order valence-corrected chi connectivity index (χ4v) is 2.98. The van der Waals surface area contributed by atoms with Crippen LogP contribution in [0.3, 0.4) is 0 Å². The largest absolute Gasteiger partial charge is 0.486 e. The molecule has 184 valence electrons. The number of benzene rings is 1. The van der Waals surface area contributed by atoms with Crippen LogP contribution in [-0.2, 0) is 15.6 Å². The molecular formula is C26H34F4O3. The maximum absolute atomic E-state index is 13.7. The smallest absolute Gasteiger partial charge is 0.340 e. The number of halogens is 4. The van der Waals surface area contributed by atoms with E-state index in [1.165, 1.54) is 0 Å². The van der Waals surface area contributed by atoms with E-state index in [1.807, 2.05) is 53.7 Å². The summed E-state index contributed by atoms with van der Waals surface area (Å²) >= 11 is 0. The van der Waals surface area contributed by atoms with Gasteiger partial charge in [-0.05, 0) is 47.5 Å². The van der Waals surface area contributed by atoms with Crippen LogP contribution < -0.4 is 4.74 Å². The summed E-state index contributed by atoms with van der Waals surface area (Å²) in [5.74, 6) is -5.22. The van der Waals surface area contributed by atoms with E-state index >= 15 is 0 Å². The number of carboxylic acid groups (broad SMARTS) is 1. The highest BCUT2D eigenvalue weighted by molar-refractivity contribution is 5.81. The second kappa shape index (κ2) is 10.6. The maximum Gasteiger partial charge on any atom is 0.340 e. The van der Waals surface area contributed by atoms with E-state index in [0.717, 1.165) is 11.6 Å². The number of allylic oxidation sites excluding steroid dienone is 5. The maximum atomic E-state index is 13.7. The summed E-state index contributed by atoms with van der Waals surface area (Å²) < 4.78 is 58.3. The molecule has 0 fully saturated rings. The van der Waals surface area contributed by atoms with E-state index in [2.05, 4.69) is 0 Å². The van der Waals surface area contributed by atoms with Crippen molar-refractivity contribution in [3.05, 3.63) is 58.7 Å². The van der Waals surface area contributed by atoms with Crippen LogP contribution in [0.25, 0.3) is 5.57 Å². The third-order valence-corrected chi connectivity index (χ3v) is 4.97. The Hall–Kier alpha value is -2.57. The van der Waals surface area contributed by atoms with Crippen LogP contribution in [0, 0.1) is 0 Å². The van der Waals surface area contributed by atoms with Gasteiger partial charge < -0.3 is 9.84 Å². The first-order valence-corrected chi connectivity index (χ1v) is 10.6. The van der Waals surface area contributed by atoms with Crippen molar-refractivity contribution in [2.24, 2.45) is 0 Å². The first-order valence-electron chi connectivity index (χ1n) is 10.6. The number of hydrogen-bond acceptors (Lipinski definition) is 2. The third-order valence-electron chi connectivity index (χ3n) is 4.97. The van der Waals surface area contributed by atoms with Crippen molar-refractivity contribution in [2.45, 2.75) is 78.6 Å². The topological polar surface area (TPSA) is 46.5 Å². The number of alkyl halides is 4. The van der Waals surface area contributed by atoms with Crippen LogP contribution in [0.5, 0.6) is 5.75 Å². The first-order chi connectivity index (χ1) is 14.9. The van der Waals surface area contributed by atoms with E-state index in [1.54, 1.807) is 32.1 Å². The van der Waals surface area contributed by atoms with Gasteiger partial charge in [-0.2, -0.15) is 8.78 Å². The molecule has 0 aliphatic heterocycles. The standard InChI is InChI=1S/C26H34F4O3/c1-16(12-21(31)32)10-9-11-17(2)19-13-18(24(3,4)5)14-20(25(6,7)8)22(19)33-15-26(29,30)23(27)28/h9-14,23H,15H2,1-8H3,(H,31,32)/b10-9+,16-12+,17-11-. The highest BCUT2D eigenvalue weighted by atomic mass is 19.3. The van der Waals surface area contributed by atoms with Crippen LogP contribution in [0.1, 0.15) is 72.1 Å². The number of aliphatic carboxylic acids is 1. The molecule has 1 rings (SSSR count). The molecule has 0 bridgehead atoms. The van der Waals surface area contributed by atoms with E-state index < -0.39 is 30.3 Å². The predicted molar refractivity (Wildman–Crippen MR) is 124 cm³/mol. The molecule has 0 saturated heterocycles. The second-order valence-corrected chi connectivity index (χ2v) is 10.2. The van der Waals surface area contributed by atoms with Gasteiger partial charge in [0.2, 0.25) is 0 Å². The van der Waals surface area contributed by atoms with Crippen molar-refractivity contribution in [1.29, 1.82) is 0 Å². The molecule has 3 nitrogen and oxygen atoms in total. The molecule has 1 N–H and O–H groups in total. The molecule has 0 amide bonds. The van der Waals surface area contributed by atoms with Crippen molar-refractivity contribution in [2.75, 3.05) is 6.61 Å². The zero-order valence-electron chi connectivity index (χ0n) is 20.5. The molecule has 1 aromatic carbocycles. The lowest BCUT2D eigenvalue weighted by atomic mass is 9.78. The molecule has 1 aromatic rings. The summed E-state index contributed by atoms with van der Waals surface area (Å²) in [6, 6.07) is 3.70. The van der Waals surface area contributed by atoms with Gasteiger partial charge in [-0.25, -0.2) is 13.6 Å². The van der Waals surface area contributed by atoms with Crippen molar-refractivity contribution in [1.82, 2.24) is 0 Å². The van der Waals surface area contributed by atoms with Gasteiger partial charge in [-0.15, -0.1) is 0 Å². The summed E-state index contributed by atoms with van der Waals surface area (Å²) in [6.45, 7) is 13.7. The van der Waals surface area contributed by atoms with E-state index in [0.29, 0.717) is 22.3 Å². The average Bonchev–Trinajstić information content (AvgIpc) is 2.63. The minimum absolute atomic E-state index is 0.135. The van der Waals surface area contributed by atoms with Crippen LogP contribution in [0.4, 0.5) is 17.6 Å². The molecule has 0 heterocycles. The van der Waals surface area contributed by atoms with Gasteiger partial charge in [0.25, 0.3) is 0 Å². The van der Waals surface area contributed by atoms with Crippen molar-refractivity contribution in [3.8, 4) is 5.75 Å². The molecule has 33 heavy (non-hydrogen) atoms. The monoisotopic (exact) mass is 470 g/mol. The van der Waals surface area contributed by atoms with Crippen molar-refractivity contribution in [3.63, 3.8) is 0 Å². The number of ether oxygens (including phenoxy) is 1. The van der Waals surface area contributed by atoms with E-state index in [4.69, 9.17) is 9.84 Å². The Morgan fingerprint density at radius 3 is 2.09 bits per heavy atom. The fraction of sp³-hybridized carbons (Fsp3) is 0.500. The van der Waals surface area contributed by atoms with Crippen LogP contribution in [0.15, 0.2) is 42.0 Å².